The van der Waals surface area contributed by atoms with Gasteiger partial charge in [0.1, 0.15) is 5.78 Å². The van der Waals surface area contributed by atoms with Gasteiger partial charge in [-0.15, -0.1) is 0 Å². The maximum Gasteiger partial charge on any atom is 0.135 e. The summed E-state index contributed by atoms with van der Waals surface area (Å²) in [5.41, 5.74) is 2.64. The predicted octanol–water partition coefficient (Wildman–Crippen LogP) is 2.55. The first-order chi connectivity index (χ1) is 7.65. The zero-order valence-electron chi connectivity index (χ0n) is 10.1. The highest BCUT2D eigenvalue weighted by atomic mass is 16.1. The Balaban J connectivity index is 1.99. The summed E-state index contributed by atoms with van der Waals surface area (Å²) in [7, 11) is 0. The molecular weight excluding hydrogens is 198 g/mol. The van der Waals surface area contributed by atoms with Gasteiger partial charge >= 0.3 is 0 Å². The Morgan fingerprint density at radius 3 is 2.62 bits per heavy atom. The molecule has 2 nitrogen and oxygen atoms in total. The number of aryl methyl sites for hydroxylation is 1. The number of hydrogen-bond donors (Lipinski definition) is 0. The number of carbonyl (C=O) groups excluding carboxylic acids is 1. The van der Waals surface area contributed by atoms with Crippen LogP contribution >= 0.6 is 0 Å². The van der Waals surface area contributed by atoms with Crippen LogP contribution in [0.5, 0.6) is 0 Å². The molecule has 1 aromatic rings. The summed E-state index contributed by atoms with van der Waals surface area (Å²) >= 11 is 0. The van der Waals surface area contributed by atoms with Crippen molar-refractivity contribution in [2.24, 2.45) is 0 Å². The van der Waals surface area contributed by atoms with Crippen LogP contribution in [-0.4, -0.2) is 23.3 Å². The third-order valence-corrected chi connectivity index (χ3v) is 3.33. The summed E-state index contributed by atoms with van der Waals surface area (Å²) in [6, 6.07) is 9.05. The van der Waals surface area contributed by atoms with Crippen molar-refractivity contribution in [2.45, 2.75) is 39.3 Å². The number of likely N-dealkylation sites (tertiary alicyclic amines) is 1. The molecule has 0 aliphatic carbocycles. The first-order valence-electron chi connectivity index (χ1n) is 5.96. The highest BCUT2D eigenvalue weighted by molar-refractivity contribution is 5.79. The van der Waals surface area contributed by atoms with Gasteiger partial charge in [-0.05, 0) is 19.4 Å². The molecule has 86 valence electrons. The number of piperidine rings is 1. The second kappa shape index (κ2) is 4.79. The van der Waals surface area contributed by atoms with E-state index >= 15 is 0 Å². The fourth-order valence-electron chi connectivity index (χ4n) is 2.21. The smallest absolute Gasteiger partial charge is 0.135 e. The van der Waals surface area contributed by atoms with Crippen LogP contribution in [0.15, 0.2) is 24.3 Å². The van der Waals surface area contributed by atoms with Crippen LogP contribution < -0.4 is 0 Å². The predicted molar refractivity (Wildman–Crippen MR) is 65.3 cm³/mol. The van der Waals surface area contributed by atoms with E-state index in [2.05, 4.69) is 43.0 Å². The average Bonchev–Trinajstić information content (AvgIpc) is 2.25. The van der Waals surface area contributed by atoms with Crippen molar-refractivity contribution in [1.82, 2.24) is 4.90 Å². The summed E-state index contributed by atoms with van der Waals surface area (Å²) < 4.78 is 0. The van der Waals surface area contributed by atoms with Gasteiger partial charge in [-0.2, -0.15) is 0 Å². The van der Waals surface area contributed by atoms with Gasteiger partial charge in [0.15, 0.2) is 0 Å². The van der Waals surface area contributed by atoms with Gasteiger partial charge in [-0.1, -0.05) is 29.8 Å². The van der Waals surface area contributed by atoms with Gasteiger partial charge < -0.3 is 0 Å². The number of ketones is 1. The fraction of sp³-hybridized carbons (Fsp3) is 0.500. The quantitative estimate of drug-likeness (QED) is 0.758. The Morgan fingerprint density at radius 1 is 1.31 bits per heavy atom. The lowest BCUT2D eigenvalue weighted by Gasteiger charge is -2.32. The van der Waals surface area contributed by atoms with Crippen molar-refractivity contribution < 1.29 is 4.79 Å². The van der Waals surface area contributed by atoms with Crippen molar-refractivity contribution in [3.63, 3.8) is 0 Å². The molecule has 1 aliphatic heterocycles. The largest absolute Gasteiger partial charge is 0.300 e. The molecule has 0 saturated carbocycles. The highest BCUT2D eigenvalue weighted by Crippen LogP contribution is 2.17. The molecular formula is C14H19NO. The van der Waals surface area contributed by atoms with E-state index in [-0.39, 0.29) is 0 Å². The van der Waals surface area contributed by atoms with Crippen molar-refractivity contribution >= 4 is 5.78 Å². The number of hydrogen-bond acceptors (Lipinski definition) is 2. The number of nitrogens with zero attached hydrogens (tertiary/aromatic N) is 1. The Kier molecular flexibility index (Phi) is 3.39. The first kappa shape index (κ1) is 11.3. The molecule has 0 radical (unpaired) electrons. The summed E-state index contributed by atoms with van der Waals surface area (Å²) in [5.74, 6) is 0.410. The zero-order chi connectivity index (χ0) is 11.5. The van der Waals surface area contributed by atoms with Crippen molar-refractivity contribution in [2.75, 3.05) is 6.54 Å². The number of carbonyl (C=O) groups is 1. The molecule has 1 atom stereocenters. The van der Waals surface area contributed by atoms with E-state index in [1.807, 2.05) is 0 Å². The minimum Gasteiger partial charge on any atom is -0.300 e. The molecule has 1 saturated heterocycles. The number of benzene rings is 1. The maximum absolute atomic E-state index is 11.3. The Bertz CT molecular complexity index is 369. The third kappa shape index (κ3) is 2.70. The van der Waals surface area contributed by atoms with Crippen LogP contribution in [0.3, 0.4) is 0 Å². The van der Waals surface area contributed by atoms with Crippen LogP contribution in [0.2, 0.25) is 0 Å². The maximum atomic E-state index is 11.3. The standard InChI is InChI=1S/C14H19NO/c1-11-3-5-13(6-4-11)10-15-8-7-14(16)9-12(15)2/h3-6,12H,7-10H2,1-2H3. The summed E-state index contributed by atoms with van der Waals surface area (Å²) in [5, 5.41) is 0. The molecule has 0 amide bonds. The van der Waals surface area contributed by atoms with Gasteiger partial charge in [-0.25, -0.2) is 0 Å². The lowest BCUT2D eigenvalue weighted by Crippen LogP contribution is -2.40. The molecule has 0 spiro atoms. The topological polar surface area (TPSA) is 20.3 Å². The second-order valence-electron chi connectivity index (χ2n) is 4.80. The molecule has 0 N–H and O–H groups in total. The molecule has 1 fully saturated rings. The lowest BCUT2D eigenvalue weighted by atomic mass is 10.0. The van der Waals surface area contributed by atoms with Crippen LogP contribution in [-0.2, 0) is 11.3 Å². The summed E-state index contributed by atoms with van der Waals surface area (Å²) in [6.07, 6.45) is 1.43. The van der Waals surface area contributed by atoms with Crippen molar-refractivity contribution in [3.8, 4) is 0 Å². The van der Waals surface area contributed by atoms with Crippen LogP contribution in [0.1, 0.15) is 30.9 Å². The van der Waals surface area contributed by atoms with Gasteiger partial charge in [0.25, 0.3) is 0 Å². The molecule has 1 aliphatic rings. The molecule has 0 bridgehead atoms. The van der Waals surface area contributed by atoms with E-state index in [4.69, 9.17) is 0 Å². The number of Topliss-reactive ketones (excluding diaryl/α,β-unsaturated/α-hetero) is 1. The second-order valence-corrected chi connectivity index (χ2v) is 4.80. The fourth-order valence-corrected chi connectivity index (χ4v) is 2.21. The normalized spacial score (nSPS) is 22.4. The van der Waals surface area contributed by atoms with E-state index in [0.717, 1.165) is 19.5 Å². The van der Waals surface area contributed by atoms with Gasteiger partial charge in [0, 0.05) is 32.0 Å². The molecule has 2 rings (SSSR count). The average molecular weight is 217 g/mol. The van der Waals surface area contributed by atoms with Gasteiger partial charge in [0.2, 0.25) is 0 Å². The Hall–Kier alpha value is -1.15. The Morgan fingerprint density at radius 2 is 2.00 bits per heavy atom. The van der Waals surface area contributed by atoms with E-state index in [9.17, 15) is 4.79 Å². The SMILES string of the molecule is Cc1ccc(CN2CCC(=O)CC2C)cc1. The Labute approximate surface area is 97.3 Å². The van der Waals surface area contributed by atoms with Crippen molar-refractivity contribution in [1.29, 1.82) is 0 Å². The molecule has 2 heteroatoms. The van der Waals surface area contributed by atoms with E-state index in [1.165, 1.54) is 11.1 Å². The van der Waals surface area contributed by atoms with E-state index < -0.39 is 0 Å². The molecule has 1 aromatic carbocycles. The monoisotopic (exact) mass is 217 g/mol. The molecule has 0 aromatic heterocycles. The first-order valence-corrected chi connectivity index (χ1v) is 5.96. The highest BCUT2D eigenvalue weighted by Gasteiger charge is 2.22. The summed E-state index contributed by atoms with van der Waals surface area (Å²) in [6.45, 7) is 6.12. The number of rotatable bonds is 2. The molecule has 1 unspecified atom stereocenters. The van der Waals surface area contributed by atoms with Crippen LogP contribution in [0.4, 0.5) is 0 Å². The third-order valence-electron chi connectivity index (χ3n) is 3.33. The van der Waals surface area contributed by atoms with Gasteiger partial charge in [-0.3, -0.25) is 9.69 Å². The van der Waals surface area contributed by atoms with E-state index in [0.29, 0.717) is 18.2 Å². The molecule has 16 heavy (non-hydrogen) atoms. The van der Waals surface area contributed by atoms with Crippen molar-refractivity contribution in [3.05, 3.63) is 35.4 Å². The summed E-state index contributed by atoms with van der Waals surface area (Å²) in [4.78, 5) is 13.7. The minimum atomic E-state index is 0.391. The van der Waals surface area contributed by atoms with E-state index in [1.54, 1.807) is 0 Å². The van der Waals surface area contributed by atoms with Gasteiger partial charge in [0.05, 0.1) is 0 Å². The zero-order valence-corrected chi connectivity index (χ0v) is 10.1. The van der Waals surface area contributed by atoms with Crippen LogP contribution in [0.25, 0.3) is 0 Å². The molecule has 1 heterocycles. The lowest BCUT2D eigenvalue weighted by molar-refractivity contribution is -0.123. The minimum absolute atomic E-state index is 0.391. The van der Waals surface area contributed by atoms with Crippen LogP contribution in [0, 0.1) is 6.92 Å².